The van der Waals surface area contributed by atoms with E-state index in [2.05, 4.69) is 13.8 Å². The number of benzene rings is 2. The highest BCUT2D eigenvalue weighted by atomic mass is 16.5. The number of carbonyl (C=O) groups excluding carboxylic acids is 3. The van der Waals surface area contributed by atoms with Crippen molar-refractivity contribution in [1.82, 2.24) is 0 Å². The standard InChI is InChI=1S/C35H42O5/c1-22(36)28-16-17-29-27-15-14-25-20-26(39-32(37)23-10-6-4-7-11-23)18-19-34(25,2)30(27)21-31(35(28,29)3)40-33(38)24-12-8-5-9-13-24/h4-13,25-31H,14-21H2,1-3H3/t25-,26-,27-,28+,29-,30-,31+,34-,35+/m0/s1. The molecule has 2 aromatic rings. The summed E-state index contributed by atoms with van der Waals surface area (Å²) in [6.07, 6.45) is 7.40. The molecule has 2 aromatic carbocycles. The van der Waals surface area contributed by atoms with Crippen LogP contribution in [0, 0.1) is 40.4 Å². The lowest BCUT2D eigenvalue weighted by molar-refractivity contribution is -0.175. The van der Waals surface area contributed by atoms with Crippen LogP contribution in [0.5, 0.6) is 0 Å². The maximum Gasteiger partial charge on any atom is 0.338 e. The molecule has 5 nitrogen and oxygen atoms in total. The lowest BCUT2D eigenvalue weighted by Crippen LogP contribution is -2.59. The van der Waals surface area contributed by atoms with E-state index in [1.807, 2.05) is 48.5 Å². The molecular weight excluding hydrogens is 500 g/mol. The van der Waals surface area contributed by atoms with E-state index in [1.165, 1.54) is 0 Å². The summed E-state index contributed by atoms with van der Waals surface area (Å²) in [7, 11) is 0. The van der Waals surface area contributed by atoms with Gasteiger partial charge in [-0.05, 0) is 112 Å². The zero-order valence-electron chi connectivity index (χ0n) is 24.0. The van der Waals surface area contributed by atoms with E-state index in [9.17, 15) is 14.4 Å². The zero-order valence-corrected chi connectivity index (χ0v) is 24.0. The van der Waals surface area contributed by atoms with E-state index < -0.39 is 0 Å². The molecule has 9 atom stereocenters. The Hall–Kier alpha value is -2.95. The third-order valence-corrected chi connectivity index (χ3v) is 11.7. The van der Waals surface area contributed by atoms with E-state index in [0.29, 0.717) is 34.8 Å². The van der Waals surface area contributed by atoms with Crippen LogP contribution < -0.4 is 0 Å². The van der Waals surface area contributed by atoms with Crippen LogP contribution in [-0.2, 0) is 14.3 Å². The van der Waals surface area contributed by atoms with Crippen LogP contribution in [0.15, 0.2) is 60.7 Å². The van der Waals surface area contributed by atoms with Gasteiger partial charge in [0.25, 0.3) is 0 Å². The lowest BCUT2D eigenvalue weighted by atomic mass is 9.44. The lowest BCUT2D eigenvalue weighted by Gasteiger charge is -2.62. The van der Waals surface area contributed by atoms with Gasteiger partial charge in [0.1, 0.15) is 18.0 Å². The predicted molar refractivity (Wildman–Crippen MR) is 153 cm³/mol. The molecule has 4 aliphatic rings. The third-order valence-electron chi connectivity index (χ3n) is 11.7. The summed E-state index contributed by atoms with van der Waals surface area (Å²) >= 11 is 0. The molecule has 0 radical (unpaired) electrons. The van der Waals surface area contributed by atoms with Gasteiger partial charge in [0.15, 0.2) is 0 Å². The van der Waals surface area contributed by atoms with E-state index in [0.717, 1.165) is 51.4 Å². The van der Waals surface area contributed by atoms with Crippen molar-refractivity contribution >= 4 is 17.7 Å². The molecular formula is C35H42O5. The molecule has 4 saturated carbocycles. The SMILES string of the molecule is CC(=O)[C@H]1CC[C@H]2[C@@H]3CC[C@H]4C[C@@H](OC(=O)c5ccccc5)CC[C@]4(C)[C@H]3C[C@@H](OC(=O)c3ccccc3)[C@]12C. The van der Waals surface area contributed by atoms with Gasteiger partial charge >= 0.3 is 11.9 Å². The van der Waals surface area contributed by atoms with Crippen LogP contribution in [0.4, 0.5) is 0 Å². The fourth-order valence-electron chi connectivity index (χ4n) is 9.66. The van der Waals surface area contributed by atoms with Crippen molar-refractivity contribution in [3.63, 3.8) is 0 Å². The second kappa shape index (κ2) is 10.5. The molecule has 4 fully saturated rings. The molecule has 5 heteroatoms. The van der Waals surface area contributed by atoms with Gasteiger partial charge < -0.3 is 9.47 Å². The summed E-state index contributed by atoms with van der Waals surface area (Å²) in [5.74, 6) is 1.45. The number of hydrogen-bond donors (Lipinski definition) is 0. The molecule has 0 heterocycles. The third kappa shape index (κ3) is 4.50. The van der Waals surface area contributed by atoms with E-state index in [1.54, 1.807) is 19.1 Å². The van der Waals surface area contributed by atoms with Crippen molar-refractivity contribution in [3.05, 3.63) is 71.8 Å². The molecule has 0 aliphatic heterocycles. The van der Waals surface area contributed by atoms with Crippen molar-refractivity contribution in [2.24, 2.45) is 40.4 Å². The highest BCUT2D eigenvalue weighted by Gasteiger charge is 2.65. The summed E-state index contributed by atoms with van der Waals surface area (Å²) < 4.78 is 12.4. The molecule has 0 spiro atoms. The molecule has 0 bridgehead atoms. The second-order valence-electron chi connectivity index (χ2n) is 13.4. The monoisotopic (exact) mass is 542 g/mol. The number of carbonyl (C=O) groups is 3. The van der Waals surface area contributed by atoms with Gasteiger partial charge in [-0.1, -0.05) is 50.2 Å². The van der Waals surface area contributed by atoms with Gasteiger partial charge in [0, 0.05) is 11.3 Å². The van der Waals surface area contributed by atoms with Gasteiger partial charge in [-0.15, -0.1) is 0 Å². The quantitative estimate of drug-likeness (QED) is 0.371. The first-order valence-electron chi connectivity index (χ1n) is 15.2. The first-order valence-corrected chi connectivity index (χ1v) is 15.2. The van der Waals surface area contributed by atoms with Gasteiger partial charge in [-0.25, -0.2) is 9.59 Å². The Kier molecular flexibility index (Phi) is 7.13. The van der Waals surface area contributed by atoms with Crippen LogP contribution in [0.3, 0.4) is 0 Å². The second-order valence-corrected chi connectivity index (χ2v) is 13.4. The van der Waals surface area contributed by atoms with Crippen molar-refractivity contribution in [1.29, 1.82) is 0 Å². The highest BCUT2D eigenvalue weighted by molar-refractivity contribution is 5.90. The fraction of sp³-hybridized carbons (Fsp3) is 0.571. The Bertz CT molecular complexity index is 1260. The minimum Gasteiger partial charge on any atom is -0.459 e. The number of ether oxygens (including phenoxy) is 2. The highest BCUT2D eigenvalue weighted by Crippen LogP contribution is 2.68. The smallest absolute Gasteiger partial charge is 0.338 e. The van der Waals surface area contributed by atoms with Crippen LogP contribution in [-0.4, -0.2) is 29.9 Å². The predicted octanol–water partition coefficient (Wildman–Crippen LogP) is 7.30. The van der Waals surface area contributed by atoms with Crippen LogP contribution >= 0.6 is 0 Å². The summed E-state index contributed by atoms with van der Waals surface area (Å²) in [6.45, 7) is 6.40. The average Bonchev–Trinajstić information content (AvgIpc) is 3.33. The molecule has 4 aliphatic carbocycles. The summed E-state index contributed by atoms with van der Waals surface area (Å²) in [6, 6.07) is 18.5. The Balaban J connectivity index is 1.24. The zero-order chi connectivity index (χ0) is 28.1. The summed E-state index contributed by atoms with van der Waals surface area (Å²) in [5.41, 5.74) is 0.945. The maximum atomic E-state index is 13.3. The molecule has 0 aromatic heterocycles. The molecule has 6 rings (SSSR count). The minimum atomic E-state index is -0.330. The topological polar surface area (TPSA) is 69.7 Å². The van der Waals surface area contributed by atoms with Crippen molar-refractivity contribution < 1.29 is 23.9 Å². The van der Waals surface area contributed by atoms with Crippen LogP contribution in [0.25, 0.3) is 0 Å². The normalized spacial score (nSPS) is 38.3. The number of ketones is 1. The number of esters is 2. The van der Waals surface area contributed by atoms with Gasteiger partial charge in [0.05, 0.1) is 11.1 Å². The Morgan fingerprint density at radius 1 is 0.725 bits per heavy atom. The Morgan fingerprint density at radius 3 is 1.98 bits per heavy atom. The number of Topliss-reactive ketones (excluding diaryl/α,β-unsaturated/α-hetero) is 1. The van der Waals surface area contributed by atoms with Crippen molar-refractivity contribution in [3.8, 4) is 0 Å². The van der Waals surface area contributed by atoms with Crippen LogP contribution in [0.1, 0.15) is 92.9 Å². The molecule has 0 amide bonds. The fourth-order valence-corrected chi connectivity index (χ4v) is 9.66. The van der Waals surface area contributed by atoms with Gasteiger partial charge in [-0.2, -0.15) is 0 Å². The summed E-state index contributed by atoms with van der Waals surface area (Å²) in [5, 5.41) is 0. The summed E-state index contributed by atoms with van der Waals surface area (Å²) in [4.78, 5) is 39.0. The van der Waals surface area contributed by atoms with Crippen molar-refractivity contribution in [2.45, 2.75) is 84.3 Å². The first kappa shape index (κ1) is 27.2. The average molecular weight is 543 g/mol. The van der Waals surface area contributed by atoms with Gasteiger partial charge in [-0.3, -0.25) is 4.79 Å². The van der Waals surface area contributed by atoms with Crippen LogP contribution in [0.2, 0.25) is 0 Å². The molecule has 0 saturated heterocycles. The number of fused-ring (bicyclic) bond motifs is 5. The maximum absolute atomic E-state index is 13.3. The minimum absolute atomic E-state index is 0.0588. The molecule has 0 unspecified atom stereocenters. The largest absolute Gasteiger partial charge is 0.459 e. The van der Waals surface area contributed by atoms with Gasteiger partial charge in [0.2, 0.25) is 0 Å². The first-order chi connectivity index (χ1) is 19.2. The van der Waals surface area contributed by atoms with E-state index in [4.69, 9.17) is 9.47 Å². The van der Waals surface area contributed by atoms with E-state index in [-0.39, 0.29) is 46.7 Å². The van der Waals surface area contributed by atoms with E-state index >= 15 is 0 Å². The molecule has 212 valence electrons. The Labute approximate surface area is 238 Å². The van der Waals surface area contributed by atoms with Crippen molar-refractivity contribution in [2.75, 3.05) is 0 Å². The Morgan fingerprint density at radius 2 is 1.35 bits per heavy atom. The number of hydrogen-bond acceptors (Lipinski definition) is 5. The molecule has 0 N–H and O–H groups in total. The number of rotatable bonds is 5. The molecule has 40 heavy (non-hydrogen) atoms.